The first-order valence-corrected chi connectivity index (χ1v) is 18.8. The van der Waals surface area contributed by atoms with Crippen molar-refractivity contribution in [2.75, 3.05) is 0 Å². The lowest BCUT2D eigenvalue weighted by Crippen LogP contribution is -2.00. The van der Waals surface area contributed by atoms with Crippen LogP contribution in [0.2, 0.25) is 0 Å². The average Bonchev–Trinajstić information content (AvgIpc) is 3.83. The predicted octanol–water partition coefficient (Wildman–Crippen LogP) is 13.8. The molecule has 12 aromatic rings. The van der Waals surface area contributed by atoms with Gasteiger partial charge in [0.25, 0.3) is 0 Å². The second-order valence-corrected chi connectivity index (χ2v) is 14.4. The molecule has 0 radical (unpaired) electrons. The molecule has 0 fully saturated rings. The maximum absolute atomic E-state index is 6.63. The van der Waals surface area contributed by atoms with Crippen LogP contribution in [0.25, 0.3) is 121 Å². The topological polar surface area (TPSA) is 65.0 Å². The molecule has 0 atom stereocenters. The van der Waals surface area contributed by atoms with E-state index in [1.54, 1.807) is 0 Å². The highest BCUT2D eigenvalue weighted by Crippen LogP contribution is 2.44. The van der Waals surface area contributed by atoms with Crippen molar-refractivity contribution in [3.05, 3.63) is 176 Å². The zero-order chi connectivity index (χ0) is 36.7. The van der Waals surface area contributed by atoms with Crippen LogP contribution in [0, 0.1) is 0 Å². The molecule has 0 saturated carbocycles. The number of benzene rings is 9. The summed E-state index contributed by atoms with van der Waals surface area (Å²) >= 11 is 0. The van der Waals surface area contributed by atoms with Crippen LogP contribution in [-0.2, 0) is 0 Å². The molecule has 0 spiro atoms. The zero-order valence-electron chi connectivity index (χ0n) is 29.9. The monoisotopic (exact) mass is 715 g/mol. The number of para-hydroxylation sites is 1. The van der Waals surface area contributed by atoms with Crippen molar-refractivity contribution in [2.24, 2.45) is 0 Å². The van der Waals surface area contributed by atoms with Gasteiger partial charge >= 0.3 is 0 Å². The third-order valence-corrected chi connectivity index (χ3v) is 11.1. The lowest BCUT2D eigenvalue weighted by molar-refractivity contribution is 0.668. The summed E-state index contributed by atoms with van der Waals surface area (Å²) < 4.78 is 13.1. The molecule has 0 bridgehead atoms. The van der Waals surface area contributed by atoms with E-state index in [1.807, 2.05) is 54.6 Å². The number of hydrogen-bond acceptors (Lipinski definition) is 5. The second kappa shape index (κ2) is 11.9. The van der Waals surface area contributed by atoms with E-state index >= 15 is 0 Å². The normalized spacial score (nSPS) is 11.9. The van der Waals surface area contributed by atoms with E-state index in [4.69, 9.17) is 23.8 Å². The van der Waals surface area contributed by atoms with Gasteiger partial charge in [-0.2, -0.15) is 0 Å². The van der Waals surface area contributed by atoms with E-state index in [9.17, 15) is 0 Å². The number of furan rings is 2. The van der Waals surface area contributed by atoms with Crippen molar-refractivity contribution in [1.82, 2.24) is 15.0 Å². The number of nitrogens with zero attached hydrogens (tertiary/aromatic N) is 3. The summed E-state index contributed by atoms with van der Waals surface area (Å²) in [4.78, 5) is 15.6. The minimum Gasteiger partial charge on any atom is -0.456 e. The molecule has 0 N–H and O–H groups in total. The highest BCUT2D eigenvalue weighted by molar-refractivity contribution is 6.18. The molecular formula is C51H29N3O2. The number of aromatic nitrogens is 3. The van der Waals surface area contributed by atoms with Gasteiger partial charge < -0.3 is 8.83 Å². The molecule has 0 aliphatic carbocycles. The highest BCUT2D eigenvalue weighted by atomic mass is 16.3. The van der Waals surface area contributed by atoms with Crippen LogP contribution < -0.4 is 0 Å². The smallest absolute Gasteiger partial charge is 0.164 e. The van der Waals surface area contributed by atoms with Gasteiger partial charge in [0.1, 0.15) is 22.3 Å². The third-order valence-electron chi connectivity index (χ3n) is 11.1. The summed E-state index contributed by atoms with van der Waals surface area (Å²) in [5, 5.41) is 11.1. The molecule has 260 valence electrons. The standard InChI is InChI=1S/C51H29N3O2/c1-2-12-31(13-3-1)49-52-50(35-23-24-38-34(25-35)22-21-30-11-6-7-16-37(30)38)54-51(53-49)42-27-36(29-46-48(42)40-17-8-9-19-43(40)55-46)39-18-10-20-44-47(39)41-26-32-14-4-5-15-33(32)28-45(41)56-44/h1-29H. The van der Waals surface area contributed by atoms with E-state index < -0.39 is 0 Å². The second-order valence-electron chi connectivity index (χ2n) is 14.4. The first-order valence-electron chi connectivity index (χ1n) is 18.8. The molecule has 5 nitrogen and oxygen atoms in total. The van der Waals surface area contributed by atoms with Crippen LogP contribution in [0.1, 0.15) is 0 Å². The Labute approximate surface area is 320 Å². The fourth-order valence-corrected chi connectivity index (χ4v) is 8.43. The molecule has 0 aliphatic rings. The maximum atomic E-state index is 6.63. The summed E-state index contributed by atoms with van der Waals surface area (Å²) in [5.41, 5.74) is 7.97. The minimum absolute atomic E-state index is 0.570. The SMILES string of the molecule is c1ccc(-c2nc(-c3ccc4c(ccc5ccccc54)c3)nc(-c3cc(-c4cccc5oc6cc7ccccc7cc6c45)cc4oc5ccccc5c34)n2)cc1. The van der Waals surface area contributed by atoms with Crippen LogP contribution in [0.4, 0.5) is 0 Å². The van der Waals surface area contributed by atoms with Gasteiger partial charge in [-0.25, -0.2) is 15.0 Å². The lowest BCUT2D eigenvalue weighted by atomic mass is 9.94. The molecular weight excluding hydrogens is 687 g/mol. The summed E-state index contributed by atoms with van der Waals surface area (Å²) in [6.45, 7) is 0. The van der Waals surface area contributed by atoms with Gasteiger partial charge in [0.2, 0.25) is 0 Å². The molecule has 0 amide bonds. The Balaban J connectivity index is 1.13. The molecule has 0 saturated heterocycles. The van der Waals surface area contributed by atoms with Crippen LogP contribution >= 0.6 is 0 Å². The van der Waals surface area contributed by atoms with Crippen molar-refractivity contribution in [1.29, 1.82) is 0 Å². The van der Waals surface area contributed by atoms with E-state index in [1.165, 1.54) is 21.5 Å². The molecule has 3 heterocycles. The van der Waals surface area contributed by atoms with Gasteiger partial charge in [-0.3, -0.25) is 0 Å². The van der Waals surface area contributed by atoms with Crippen molar-refractivity contribution in [2.45, 2.75) is 0 Å². The Hall–Kier alpha value is -7.63. The molecule has 5 heteroatoms. The highest BCUT2D eigenvalue weighted by Gasteiger charge is 2.22. The summed E-state index contributed by atoms with van der Waals surface area (Å²) in [7, 11) is 0. The van der Waals surface area contributed by atoms with Crippen LogP contribution in [0.5, 0.6) is 0 Å². The largest absolute Gasteiger partial charge is 0.456 e. The number of hydrogen-bond donors (Lipinski definition) is 0. The van der Waals surface area contributed by atoms with Crippen LogP contribution in [0.15, 0.2) is 185 Å². The van der Waals surface area contributed by atoms with Gasteiger partial charge in [0, 0.05) is 38.2 Å². The van der Waals surface area contributed by atoms with Crippen LogP contribution in [-0.4, -0.2) is 15.0 Å². The van der Waals surface area contributed by atoms with Crippen LogP contribution in [0.3, 0.4) is 0 Å². The molecule has 3 aromatic heterocycles. The maximum Gasteiger partial charge on any atom is 0.164 e. The van der Waals surface area contributed by atoms with Gasteiger partial charge in [-0.15, -0.1) is 0 Å². The van der Waals surface area contributed by atoms with E-state index in [2.05, 4.69) is 121 Å². The van der Waals surface area contributed by atoms with E-state index in [0.717, 1.165) is 82.5 Å². The minimum atomic E-state index is 0.570. The average molecular weight is 716 g/mol. The van der Waals surface area contributed by atoms with Gasteiger partial charge in [0.05, 0.1) is 0 Å². The third kappa shape index (κ3) is 4.78. The summed E-state index contributed by atoms with van der Waals surface area (Å²) in [5.74, 6) is 1.77. The Bertz CT molecular complexity index is 3550. The fraction of sp³-hybridized carbons (Fsp3) is 0. The van der Waals surface area contributed by atoms with Crippen molar-refractivity contribution in [3.63, 3.8) is 0 Å². The van der Waals surface area contributed by atoms with Crippen molar-refractivity contribution < 1.29 is 8.83 Å². The van der Waals surface area contributed by atoms with Crippen molar-refractivity contribution >= 4 is 76.2 Å². The van der Waals surface area contributed by atoms with Crippen molar-refractivity contribution in [3.8, 4) is 45.3 Å². The summed E-state index contributed by atoms with van der Waals surface area (Å²) in [6, 6.07) is 61.0. The molecule has 0 aliphatic heterocycles. The van der Waals surface area contributed by atoms with Gasteiger partial charge in [-0.05, 0) is 85.9 Å². The molecule has 0 unspecified atom stereocenters. The Morgan fingerprint density at radius 3 is 1.80 bits per heavy atom. The van der Waals surface area contributed by atoms with Gasteiger partial charge in [-0.1, -0.05) is 133 Å². The number of fused-ring (bicyclic) bond motifs is 10. The Morgan fingerprint density at radius 1 is 0.286 bits per heavy atom. The fourth-order valence-electron chi connectivity index (χ4n) is 8.43. The molecule has 12 rings (SSSR count). The zero-order valence-corrected chi connectivity index (χ0v) is 29.9. The Morgan fingerprint density at radius 2 is 0.929 bits per heavy atom. The first-order chi connectivity index (χ1) is 27.7. The van der Waals surface area contributed by atoms with E-state index in [0.29, 0.717) is 17.5 Å². The lowest BCUT2D eigenvalue weighted by Gasteiger charge is -2.12. The molecule has 9 aromatic carbocycles. The predicted molar refractivity (Wildman–Crippen MR) is 229 cm³/mol. The Kier molecular flexibility index (Phi) is 6.56. The first kappa shape index (κ1) is 30.8. The summed E-state index contributed by atoms with van der Waals surface area (Å²) in [6.07, 6.45) is 0. The van der Waals surface area contributed by atoms with Gasteiger partial charge in [0.15, 0.2) is 17.5 Å². The number of rotatable bonds is 4. The quantitative estimate of drug-likeness (QED) is 0.170. The van der Waals surface area contributed by atoms with E-state index in [-0.39, 0.29) is 0 Å². The molecule has 56 heavy (non-hydrogen) atoms.